The van der Waals surface area contributed by atoms with Crippen molar-refractivity contribution in [2.24, 2.45) is 0 Å². The van der Waals surface area contributed by atoms with Crippen molar-refractivity contribution in [3.8, 4) is 5.75 Å². The van der Waals surface area contributed by atoms with Crippen molar-refractivity contribution in [1.82, 2.24) is 9.72 Å². The van der Waals surface area contributed by atoms with Crippen molar-refractivity contribution in [3.63, 3.8) is 0 Å². The molecular weight excluding hydrogens is 244 g/mol. The molecule has 1 unspecified atom stereocenters. The molecular formula is C14H16N2O3. The van der Waals surface area contributed by atoms with Crippen molar-refractivity contribution in [2.45, 2.75) is 19.9 Å². The first-order valence-corrected chi connectivity index (χ1v) is 5.99. The molecule has 1 N–H and O–H groups in total. The van der Waals surface area contributed by atoms with Crippen LogP contribution < -0.4 is 10.1 Å². The highest BCUT2D eigenvalue weighted by Gasteiger charge is 2.20. The third kappa shape index (κ3) is 2.45. The summed E-state index contributed by atoms with van der Waals surface area (Å²) in [5, 5.41) is 2.59. The number of ketones is 1. The van der Waals surface area contributed by atoms with Crippen LogP contribution in [0.15, 0.2) is 30.6 Å². The third-order valence-electron chi connectivity index (χ3n) is 2.94. The number of aromatic nitrogens is 1. The van der Waals surface area contributed by atoms with E-state index in [-0.39, 0.29) is 11.7 Å². The molecule has 5 nitrogen and oxygen atoms in total. The van der Waals surface area contributed by atoms with E-state index in [1.54, 1.807) is 32.4 Å². The summed E-state index contributed by atoms with van der Waals surface area (Å²) in [5.41, 5.74) is 1.26. The number of fused-ring (bicyclic) bond motifs is 1. The molecule has 2 aromatic heterocycles. The van der Waals surface area contributed by atoms with E-state index in [2.05, 4.69) is 5.32 Å². The highest BCUT2D eigenvalue weighted by Crippen LogP contribution is 2.25. The average Bonchev–Trinajstić information content (AvgIpc) is 2.80. The van der Waals surface area contributed by atoms with Crippen molar-refractivity contribution >= 4 is 17.2 Å². The predicted molar refractivity (Wildman–Crippen MR) is 71.6 cm³/mol. The first-order valence-electron chi connectivity index (χ1n) is 5.99. The van der Waals surface area contributed by atoms with Gasteiger partial charge in [0.05, 0.1) is 18.7 Å². The lowest BCUT2D eigenvalue weighted by Gasteiger charge is -2.11. The molecule has 0 fully saturated rings. The number of hydrogen-bond donors (Lipinski definition) is 1. The molecule has 2 heterocycles. The van der Waals surface area contributed by atoms with Gasteiger partial charge in [-0.05, 0) is 25.1 Å². The number of nitrogens with one attached hydrogen (secondary N) is 1. The van der Waals surface area contributed by atoms with E-state index in [4.69, 9.17) is 4.74 Å². The molecule has 100 valence electrons. The van der Waals surface area contributed by atoms with Gasteiger partial charge in [0, 0.05) is 24.9 Å². The molecule has 5 heteroatoms. The summed E-state index contributed by atoms with van der Waals surface area (Å²) in [6, 6.07) is 4.82. The third-order valence-corrected chi connectivity index (χ3v) is 2.94. The average molecular weight is 260 g/mol. The van der Waals surface area contributed by atoms with Crippen LogP contribution >= 0.6 is 0 Å². The summed E-state index contributed by atoms with van der Waals surface area (Å²) in [4.78, 5) is 23.4. The van der Waals surface area contributed by atoms with Crippen molar-refractivity contribution in [1.29, 1.82) is 0 Å². The Morgan fingerprint density at radius 3 is 2.68 bits per heavy atom. The number of methoxy groups -OCH3 is 1. The van der Waals surface area contributed by atoms with Crippen molar-refractivity contribution < 1.29 is 14.3 Å². The van der Waals surface area contributed by atoms with Gasteiger partial charge in [0.2, 0.25) is 5.91 Å². The number of carbonyl (C=O) groups excluding carboxylic acids is 2. The minimum Gasteiger partial charge on any atom is -0.495 e. The Hall–Kier alpha value is -2.30. The van der Waals surface area contributed by atoms with E-state index < -0.39 is 6.04 Å². The minimum absolute atomic E-state index is 0.137. The zero-order valence-corrected chi connectivity index (χ0v) is 11.1. The normalized spacial score (nSPS) is 12.2. The molecule has 0 saturated heterocycles. The Bertz CT molecular complexity index is 631. The number of amides is 1. The fraction of sp³-hybridized carbons (Fsp3) is 0.286. The van der Waals surface area contributed by atoms with Crippen LogP contribution in [0.1, 0.15) is 24.2 Å². The Kier molecular flexibility index (Phi) is 3.55. The van der Waals surface area contributed by atoms with Gasteiger partial charge < -0.3 is 14.5 Å². The van der Waals surface area contributed by atoms with Gasteiger partial charge in [0.1, 0.15) is 5.75 Å². The van der Waals surface area contributed by atoms with Gasteiger partial charge in [-0.25, -0.2) is 0 Å². The van der Waals surface area contributed by atoms with Crippen LogP contribution in [0.3, 0.4) is 0 Å². The highest BCUT2D eigenvalue weighted by atomic mass is 16.5. The Morgan fingerprint density at radius 1 is 1.32 bits per heavy atom. The Labute approximate surface area is 111 Å². The topological polar surface area (TPSA) is 59.8 Å². The molecule has 19 heavy (non-hydrogen) atoms. The number of Topliss-reactive ketones (excluding diaryl/α,β-unsaturated/α-hetero) is 1. The standard InChI is InChI=1S/C14H16N2O3/c1-9(15-10(2)17)14(18)11-6-8-16-7-4-5-12(19-3)13(11)16/h4-9H,1-3H3,(H,15,17). The number of pyridine rings is 1. The fourth-order valence-electron chi connectivity index (χ4n) is 2.10. The van der Waals surface area contributed by atoms with Crippen LogP contribution in [0.4, 0.5) is 0 Å². The number of rotatable bonds is 4. The monoisotopic (exact) mass is 260 g/mol. The summed E-state index contributed by atoms with van der Waals surface area (Å²) in [7, 11) is 1.56. The van der Waals surface area contributed by atoms with E-state index in [9.17, 15) is 9.59 Å². The summed E-state index contributed by atoms with van der Waals surface area (Å²) >= 11 is 0. The van der Waals surface area contributed by atoms with Gasteiger partial charge in [0.25, 0.3) is 0 Å². The summed E-state index contributed by atoms with van der Waals surface area (Å²) in [5.74, 6) is 0.268. The Balaban J connectivity index is 2.45. The number of nitrogens with zero attached hydrogens (tertiary/aromatic N) is 1. The SMILES string of the molecule is COc1cccn2ccc(C(=O)C(C)NC(C)=O)c12. The van der Waals surface area contributed by atoms with E-state index in [0.717, 1.165) is 0 Å². The molecule has 1 amide bonds. The van der Waals surface area contributed by atoms with Gasteiger partial charge in [-0.1, -0.05) is 0 Å². The molecule has 0 aliphatic heterocycles. The molecule has 0 bridgehead atoms. The van der Waals surface area contributed by atoms with Crippen LogP contribution in [0.5, 0.6) is 5.75 Å². The number of ether oxygens (including phenoxy) is 1. The van der Waals surface area contributed by atoms with E-state index in [1.165, 1.54) is 6.92 Å². The molecule has 0 aliphatic rings. The molecule has 0 aliphatic carbocycles. The smallest absolute Gasteiger partial charge is 0.217 e. The summed E-state index contributed by atoms with van der Waals surface area (Å²) < 4.78 is 7.10. The van der Waals surface area contributed by atoms with Gasteiger partial charge in [-0.2, -0.15) is 0 Å². The minimum atomic E-state index is -0.561. The zero-order chi connectivity index (χ0) is 14.0. The maximum atomic E-state index is 12.3. The van der Waals surface area contributed by atoms with E-state index >= 15 is 0 Å². The van der Waals surface area contributed by atoms with Crippen LogP contribution in [0.25, 0.3) is 5.52 Å². The zero-order valence-electron chi connectivity index (χ0n) is 11.1. The maximum Gasteiger partial charge on any atom is 0.217 e. The second-order valence-electron chi connectivity index (χ2n) is 4.35. The largest absolute Gasteiger partial charge is 0.495 e. The van der Waals surface area contributed by atoms with Gasteiger partial charge in [-0.3, -0.25) is 9.59 Å². The quantitative estimate of drug-likeness (QED) is 0.850. The van der Waals surface area contributed by atoms with Crippen molar-refractivity contribution in [2.75, 3.05) is 7.11 Å². The number of hydrogen-bond acceptors (Lipinski definition) is 3. The van der Waals surface area contributed by atoms with Gasteiger partial charge in [-0.15, -0.1) is 0 Å². The second kappa shape index (κ2) is 5.14. The fourth-order valence-corrected chi connectivity index (χ4v) is 2.10. The van der Waals surface area contributed by atoms with Crippen LogP contribution in [0, 0.1) is 0 Å². The van der Waals surface area contributed by atoms with Crippen LogP contribution in [0.2, 0.25) is 0 Å². The predicted octanol–water partition coefficient (Wildman–Crippen LogP) is 1.66. The van der Waals surface area contributed by atoms with Gasteiger partial charge in [0.15, 0.2) is 5.78 Å². The second-order valence-corrected chi connectivity index (χ2v) is 4.35. The van der Waals surface area contributed by atoms with Crippen LogP contribution in [-0.2, 0) is 4.79 Å². The number of carbonyl (C=O) groups is 2. The van der Waals surface area contributed by atoms with Crippen molar-refractivity contribution in [3.05, 3.63) is 36.2 Å². The molecule has 0 aromatic carbocycles. The first kappa shape index (κ1) is 13.1. The van der Waals surface area contributed by atoms with Gasteiger partial charge >= 0.3 is 0 Å². The molecule has 0 spiro atoms. The van der Waals surface area contributed by atoms with E-state index in [0.29, 0.717) is 16.8 Å². The lowest BCUT2D eigenvalue weighted by atomic mass is 10.1. The molecule has 0 radical (unpaired) electrons. The molecule has 1 atom stereocenters. The lowest BCUT2D eigenvalue weighted by molar-refractivity contribution is -0.119. The highest BCUT2D eigenvalue weighted by molar-refractivity contribution is 6.07. The first-order chi connectivity index (χ1) is 9.04. The summed E-state index contributed by atoms with van der Waals surface area (Å²) in [6.07, 6.45) is 3.64. The molecule has 2 aromatic rings. The Morgan fingerprint density at radius 2 is 2.05 bits per heavy atom. The van der Waals surface area contributed by atoms with Crippen LogP contribution in [-0.4, -0.2) is 29.2 Å². The summed E-state index contributed by atoms with van der Waals surface area (Å²) in [6.45, 7) is 3.06. The molecule has 0 saturated carbocycles. The lowest BCUT2D eigenvalue weighted by Crippen LogP contribution is -2.37. The molecule has 2 rings (SSSR count). The maximum absolute atomic E-state index is 12.3. The van der Waals surface area contributed by atoms with E-state index in [1.807, 2.05) is 16.7 Å².